The summed E-state index contributed by atoms with van der Waals surface area (Å²) < 4.78 is 5.07. The van der Waals surface area contributed by atoms with Crippen molar-refractivity contribution in [1.29, 1.82) is 0 Å². The highest BCUT2D eigenvalue weighted by Crippen LogP contribution is 2.66. The molecule has 0 radical (unpaired) electrons. The van der Waals surface area contributed by atoms with Gasteiger partial charge in [-0.2, -0.15) is 0 Å². The predicted octanol–water partition coefficient (Wildman–Crippen LogP) is 4.94. The smallest absolute Gasteiger partial charge is 0.308 e. The molecule has 0 aliphatic heterocycles. The number of ketones is 1. The van der Waals surface area contributed by atoms with E-state index < -0.39 is 0 Å². The maximum Gasteiger partial charge on any atom is 0.308 e. The molecule has 4 aliphatic carbocycles. The monoisotopic (exact) mass is 358 g/mol. The van der Waals surface area contributed by atoms with Crippen LogP contribution >= 0.6 is 0 Å². The second-order valence-corrected chi connectivity index (χ2v) is 10.0. The van der Waals surface area contributed by atoms with Crippen LogP contribution in [0.25, 0.3) is 0 Å². The molecule has 0 aromatic carbocycles. The number of hydrogen-bond acceptors (Lipinski definition) is 3. The van der Waals surface area contributed by atoms with Crippen LogP contribution in [-0.2, 0) is 14.3 Å². The molecule has 0 spiro atoms. The quantitative estimate of drug-likeness (QED) is 0.518. The summed E-state index contributed by atoms with van der Waals surface area (Å²) in [6.07, 6.45) is 11.1. The van der Waals surface area contributed by atoms with Crippen molar-refractivity contribution >= 4 is 11.8 Å². The summed E-state index contributed by atoms with van der Waals surface area (Å²) in [7, 11) is 1.51. The molecule has 26 heavy (non-hydrogen) atoms. The summed E-state index contributed by atoms with van der Waals surface area (Å²) >= 11 is 0. The van der Waals surface area contributed by atoms with E-state index in [-0.39, 0.29) is 22.7 Å². The maximum atomic E-state index is 12.2. The molecule has 7 atom stereocenters. The van der Waals surface area contributed by atoms with Gasteiger partial charge >= 0.3 is 5.97 Å². The largest absolute Gasteiger partial charge is 0.469 e. The molecule has 3 unspecified atom stereocenters. The number of fused-ring (bicyclic) bond motifs is 5. The minimum Gasteiger partial charge on any atom is -0.469 e. The summed E-state index contributed by atoms with van der Waals surface area (Å²) in [5.74, 6) is 2.75. The lowest BCUT2D eigenvalue weighted by molar-refractivity contribution is -0.148. The van der Waals surface area contributed by atoms with Gasteiger partial charge in [-0.15, -0.1) is 0 Å². The molecule has 3 saturated carbocycles. The van der Waals surface area contributed by atoms with Crippen molar-refractivity contribution in [3.05, 3.63) is 11.6 Å². The van der Waals surface area contributed by atoms with Crippen LogP contribution < -0.4 is 0 Å². The Morgan fingerprint density at radius 3 is 2.73 bits per heavy atom. The molecule has 0 amide bonds. The number of Topliss-reactive ketones (excluding diaryl/α,β-unsaturated/α-hetero) is 1. The Morgan fingerprint density at radius 2 is 2.00 bits per heavy atom. The summed E-state index contributed by atoms with van der Waals surface area (Å²) in [5.41, 5.74) is 2.13. The fraction of sp³-hybridized carbons (Fsp3) is 0.826. The molecular formula is C23H34O3. The molecule has 0 N–H and O–H groups in total. The Bertz CT molecular complexity index is 650. The number of allylic oxidation sites excluding steroid dienone is 2. The fourth-order valence-corrected chi connectivity index (χ4v) is 7.53. The molecule has 3 fully saturated rings. The first-order valence-electron chi connectivity index (χ1n) is 10.6. The predicted molar refractivity (Wildman–Crippen MR) is 101 cm³/mol. The summed E-state index contributed by atoms with van der Waals surface area (Å²) in [6, 6.07) is 0. The molecular weight excluding hydrogens is 324 g/mol. The van der Waals surface area contributed by atoms with Gasteiger partial charge in [-0.1, -0.05) is 32.4 Å². The van der Waals surface area contributed by atoms with Crippen molar-refractivity contribution < 1.29 is 14.3 Å². The average Bonchev–Trinajstić information content (AvgIpc) is 2.98. The van der Waals surface area contributed by atoms with Gasteiger partial charge < -0.3 is 4.74 Å². The van der Waals surface area contributed by atoms with Crippen LogP contribution in [0.15, 0.2) is 11.6 Å². The van der Waals surface area contributed by atoms with Crippen molar-refractivity contribution in [2.75, 3.05) is 7.11 Å². The van der Waals surface area contributed by atoms with Crippen LogP contribution in [0.3, 0.4) is 0 Å². The Kier molecular flexibility index (Phi) is 4.36. The van der Waals surface area contributed by atoms with Crippen molar-refractivity contribution in [3.8, 4) is 0 Å². The molecule has 0 saturated heterocycles. The van der Waals surface area contributed by atoms with E-state index in [1.54, 1.807) is 5.57 Å². The Morgan fingerprint density at radius 1 is 1.23 bits per heavy atom. The molecule has 3 heteroatoms. The number of carbonyl (C=O) groups excluding carboxylic acids is 2. The van der Waals surface area contributed by atoms with Crippen molar-refractivity contribution in [2.45, 2.75) is 72.1 Å². The number of esters is 1. The highest BCUT2D eigenvalue weighted by molar-refractivity contribution is 5.80. The van der Waals surface area contributed by atoms with Gasteiger partial charge in [-0.25, -0.2) is 0 Å². The Balaban J connectivity index is 1.64. The average molecular weight is 359 g/mol. The highest BCUT2D eigenvalue weighted by atomic mass is 16.5. The third-order valence-corrected chi connectivity index (χ3v) is 9.09. The van der Waals surface area contributed by atoms with E-state index in [2.05, 4.69) is 26.8 Å². The van der Waals surface area contributed by atoms with Crippen LogP contribution in [0.4, 0.5) is 0 Å². The standard InChI is InChI=1S/C23H34O3/c1-14(21(25)26-4)18-7-8-19-17-6-5-15-13-16(24)9-11-22(15,2)20(17)10-12-23(18,19)3/h10,14-15,17-19H,5-9,11-13H2,1-4H3/t14-,15+,17?,18?,19?,22-,23+/m0/s1. The van der Waals surface area contributed by atoms with Crippen molar-refractivity contribution in [3.63, 3.8) is 0 Å². The maximum absolute atomic E-state index is 12.2. The van der Waals surface area contributed by atoms with E-state index in [0.29, 0.717) is 29.5 Å². The van der Waals surface area contributed by atoms with Gasteiger partial charge in [-0.3, -0.25) is 9.59 Å². The van der Waals surface area contributed by atoms with Crippen LogP contribution in [0, 0.1) is 40.4 Å². The SMILES string of the molecule is COC(=O)[C@@H](C)C1CCC2C3CC[C@@H]4CC(=O)CC[C@]4(C)C3=CC[C@@]21C. The number of rotatable bonds is 2. The van der Waals surface area contributed by atoms with Crippen molar-refractivity contribution in [2.24, 2.45) is 40.4 Å². The molecule has 0 aromatic rings. The molecule has 4 rings (SSSR count). The summed E-state index contributed by atoms with van der Waals surface area (Å²) in [6.45, 7) is 6.93. The van der Waals surface area contributed by atoms with Crippen LogP contribution in [0.2, 0.25) is 0 Å². The minimum absolute atomic E-state index is 0.0100. The summed E-state index contributed by atoms with van der Waals surface area (Å²) in [5, 5.41) is 0. The molecule has 0 bridgehead atoms. The van der Waals surface area contributed by atoms with E-state index in [9.17, 15) is 9.59 Å². The minimum atomic E-state index is -0.0480. The van der Waals surface area contributed by atoms with Gasteiger partial charge in [-0.05, 0) is 73.0 Å². The number of hydrogen-bond donors (Lipinski definition) is 0. The van der Waals surface area contributed by atoms with Gasteiger partial charge in [0.2, 0.25) is 0 Å². The molecule has 144 valence electrons. The van der Waals surface area contributed by atoms with Gasteiger partial charge in [0.25, 0.3) is 0 Å². The molecule has 4 aliphatic rings. The second kappa shape index (κ2) is 6.21. The Labute approximate surface area is 157 Å². The van der Waals surface area contributed by atoms with E-state index in [0.717, 1.165) is 32.1 Å². The molecule has 3 nitrogen and oxygen atoms in total. The number of ether oxygens (including phenoxy) is 1. The van der Waals surface area contributed by atoms with Gasteiger partial charge in [0.1, 0.15) is 5.78 Å². The first-order valence-corrected chi connectivity index (χ1v) is 10.6. The third-order valence-electron chi connectivity index (χ3n) is 9.09. The number of methoxy groups -OCH3 is 1. The number of carbonyl (C=O) groups is 2. The van der Waals surface area contributed by atoms with Crippen LogP contribution in [0.1, 0.15) is 72.1 Å². The zero-order valence-corrected chi connectivity index (χ0v) is 16.8. The van der Waals surface area contributed by atoms with E-state index >= 15 is 0 Å². The van der Waals surface area contributed by atoms with Crippen LogP contribution in [-0.4, -0.2) is 18.9 Å². The van der Waals surface area contributed by atoms with Gasteiger partial charge in [0, 0.05) is 12.8 Å². The third kappa shape index (κ3) is 2.45. The first kappa shape index (κ1) is 18.3. The lowest BCUT2D eigenvalue weighted by atomic mass is 9.48. The highest BCUT2D eigenvalue weighted by Gasteiger charge is 2.58. The van der Waals surface area contributed by atoms with Gasteiger partial charge in [0.15, 0.2) is 0 Å². The van der Waals surface area contributed by atoms with E-state index in [1.807, 2.05) is 0 Å². The zero-order valence-electron chi connectivity index (χ0n) is 16.8. The lowest BCUT2D eigenvalue weighted by Crippen LogP contribution is -2.48. The lowest BCUT2D eigenvalue weighted by Gasteiger charge is -2.56. The van der Waals surface area contributed by atoms with Crippen LogP contribution in [0.5, 0.6) is 0 Å². The summed E-state index contributed by atoms with van der Waals surface area (Å²) in [4.78, 5) is 24.2. The first-order chi connectivity index (χ1) is 12.3. The normalized spacial score (nSPS) is 45.8. The molecule has 0 aromatic heterocycles. The Hall–Kier alpha value is -1.12. The fourth-order valence-electron chi connectivity index (χ4n) is 7.53. The van der Waals surface area contributed by atoms with Crippen molar-refractivity contribution in [1.82, 2.24) is 0 Å². The van der Waals surface area contributed by atoms with E-state index in [4.69, 9.17) is 4.74 Å². The molecule has 0 heterocycles. The topological polar surface area (TPSA) is 43.4 Å². The zero-order chi connectivity index (χ0) is 18.7. The van der Waals surface area contributed by atoms with E-state index in [1.165, 1.54) is 26.4 Å². The second-order valence-electron chi connectivity index (χ2n) is 10.0. The van der Waals surface area contributed by atoms with Gasteiger partial charge in [0.05, 0.1) is 13.0 Å².